The summed E-state index contributed by atoms with van der Waals surface area (Å²) in [5, 5.41) is 2.91. The summed E-state index contributed by atoms with van der Waals surface area (Å²) < 4.78 is 0.979. The minimum atomic E-state index is -0.581. The number of rotatable bonds is 9. The lowest BCUT2D eigenvalue weighted by molar-refractivity contribution is -0.922. The minimum Gasteiger partial charge on any atom is -1.00 e. The molecule has 0 unspecified atom stereocenters. The van der Waals surface area contributed by atoms with Crippen LogP contribution in [-0.4, -0.2) is 55.2 Å². The average Bonchev–Trinajstić information content (AvgIpc) is 2.58. The van der Waals surface area contributed by atoms with Crippen LogP contribution in [0.2, 0.25) is 0 Å². The lowest BCUT2D eigenvalue weighted by Crippen LogP contribution is -3.00. The molecule has 0 aliphatic heterocycles. The molecule has 6 heteroatoms. The van der Waals surface area contributed by atoms with Gasteiger partial charge in [-0.1, -0.05) is 12.1 Å². The summed E-state index contributed by atoms with van der Waals surface area (Å²) in [6, 6.07) is 6.12. The van der Waals surface area contributed by atoms with E-state index in [0.29, 0.717) is 17.7 Å². The fraction of sp³-hybridized carbons (Fsp3) is 0.471. The molecule has 128 valence electrons. The van der Waals surface area contributed by atoms with Crippen molar-refractivity contribution < 1.29 is 35.8 Å². The van der Waals surface area contributed by atoms with Gasteiger partial charge in [0, 0.05) is 11.1 Å². The molecular formula is C17H25BrN2O3. The number of hydrogen-bond acceptors (Lipinski definition) is 3. The number of benzene rings is 1. The van der Waals surface area contributed by atoms with Crippen molar-refractivity contribution >= 4 is 18.0 Å². The van der Waals surface area contributed by atoms with E-state index in [1.54, 1.807) is 12.1 Å². The van der Waals surface area contributed by atoms with Gasteiger partial charge >= 0.3 is 0 Å². The number of halogens is 1. The Kier molecular flexibility index (Phi) is 9.60. The Morgan fingerprint density at radius 3 is 1.91 bits per heavy atom. The summed E-state index contributed by atoms with van der Waals surface area (Å²) >= 11 is 0. The van der Waals surface area contributed by atoms with E-state index >= 15 is 0 Å². The third-order valence-corrected chi connectivity index (χ3v) is 4.42. The maximum absolute atomic E-state index is 12.1. The van der Waals surface area contributed by atoms with Gasteiger partial charge in [0.25, 0.3) is 5.91 Å². The predicted molar refractivity (Wildman–Crippen MR) is 85.9 cm³/mol. The van der Waals surface area contributed by atoms with Gasteiger partial charge in [-0.05, 0) is 32.9 Å². The molecule has 1 aromatic rings. The standard InChI is InChI=1S/C17H24N2O3.BrH/c1-4-19(5-2,6-3)12-11-18-17(22)15-9-7-14(8-10-15)16(21)13-20;/h7-10,13H,4-6,11-12H2,1-3H3;1H. The van der Waals surface area contributed by atoms with Crippen molar-refractivity contribution in [2.24, 2.45) is 0 Å². The summed E-state index contributed by atoms with van der Waals surface area (Å²) in [4.78, 5) is 33.7. The van der Waals surface area contributed by atoms with Crippen LogP contribution in [0.3, 0.4) is 0 Å². The number of nitrogens with zero attached hydrogens (tertiary/aromatic N) is 1. The van der Waals surface area contributed by atoms with Crippen molar-refractivity contribution in [3.8, 4) is 0 Å². The van der Waals surface area contributed by atoms with Crippen molar-refractivity contribution in [3.63, 3.8) is 0 Å². The molecule has 1 N–H and O–H groups in total. The first-order valence-corrected chi connectivity index (χ1v) is 7.74. The van der Waals surface area contributed by atoms with Crippen LogP contribution in [0.25, 0.3) is 0 Å². The Bertz CT molecular complexity index is 517. The average molecular weight is 385 g/mol. The number of carbonyl (C=O) groups is 3. The SMILES string of the molecule is CC[N+](CC)(CC)CCNC(=O)c1ccc(C(=O)C=O)cc1.[Br-]. The van der Waals surface area contributed by atoms with E-state index in [9.17, 15) is 14.4 Å². The molecule has 0 fully saturated rings. The van der Waals surface area contributed by atoms with Crippen molar-refractivity contribution in [1.82, 2.24) is 5.32 Å². The molecule has 0 radical (unpaired) electrons. The summed E-state index contributed by atoms with van der Waals surface area (Å²) in [5.74, 6) is -0.741. The van der Waals surface area contributed by atoms with Gasteiger partial charge in [-0.3, -0.25) is 14.4 Å². The van der Waals surface area contributed by atoms with Gasteiger partial charge in [0.2, 0.25) is 5.78 Å². The van der Waals surface area contributed by atoms with Crippen LogP contribution < -0.4 is 22.3 Å². The second-order valence-electron chi connectivity index (χ2n) is 5.33. The van der Waals surface area contributed by atoms with Crippen LogP contribution in [0.5, 0.6) is 0 Å². The van der Waals surface area contributed by atoms with Crippen LogP contribution in [0.15, 0.2) is 24.3 Å². The smallest absolute Gasteiger partial charge is 0.251 e. The molecule has 23 heavy (non-hydrogen) atoms. The molecule has 0 aromatic heterocycles. The van der Waals surface area contributed by atoms with E-state index in [2.05, 4.69) is 26.1 Å². The number of Topliss-reactive ketones (excluding diaryl/α,β-unsaturated/α-hetero) is 1. The van der Waals surface area contributed by atoms with Gasteiger partial charge in [0.15, 0.2) is 6.29 Å². The first-order valence-electron chi connectivity index (χ1n) is 7.74. The van der Waals surface area contributed by atoms with Gasteiger partial charge in [0.05, 0.1) is 32.7 Å². The topological polar surface area (TPSA) is 63.2 Å². The Morgan fingerprint density at radius 2 is 1.48 bits per heavy atom. The van der Waals surface area contributed by atoms with Crippen molar-refractivity contribution in [3.05, 3.63) is 35.4 Å². The van der Waals surface area contributed by atoms with E-state index in [1.165, 1.54) is 12.1 Å². The second kappa shape index (κ2) is 10.3. The minimum absolute atomic E-state index is 0. The molecule has 1 rings (SSSR count). The van der Waals surface area contributed by atoms with Crippen LogP contribution in [0, 0.1) is 0 Å². The summed E-state index contributed by atoms with van der Waals surface area (Å²) in [5.41, 5.74) is 0.787. The zero-order chi connectivity index (χ0) is 16.6. The highest BCUT2D eigenvalue weighted by molar-refractivity contribution is 6.33. The molecule has 1 amide bonds. The number of aldehydes is 1. The Balaban J connectivity index is 0.00000484. The van der Waals surface area contributed by atoms with Crippen molar-refractivity contribution in [2.45, 2.75) is 20.8 Å². The summed E-state index contributed by atoms with van der Waals surface area (Å²) in [7, 11) is 0. The fourth-order valence-electron chi connectivity index (χ4n) is 2.51. The first kappa shape index (κ1) is 21.5. The Morgan fingerprint density at radius 1 is 1.00 bits per heavy atom. The zero-order valence-corrected chi connectivity index (χ0v) is 15.6. The van der Waals surface area contributed by atoms with Gasteiger partial charge in [0.1, 0.15) is 0 Å². The molecule has 0 spiro atoms. The third-order valence-electron chi connectivity index (χ3n) is 4.42. The molecule has 0 bridgehead atoms. The molecular weight excluding hydrogens is 360 g/mol. The van der Waals surface area contributed by atoms with Crippen molar-refractivity contribution in [1.29, 1.82) is 0 Å². The second-order valence-corrected chi connectivity index (χ2v) is 5.33. The van der Waals surface area contributed by atoms with Crippen LogP contribution in [0.1, 0.15) is 41.5 Å². The molecule has 0 aliphatic rings. The highest BCUT2D eigenvalue weighted by Gasteiger charge is 2.20. The first-order chi connectivity index (χ1) is 10.5. The van der Waals surface area contributed by atoms with Crippen molar-refractivity contribution in [2.75, 3.05) is 32.7 Å². The van der Waals surface area contributed by atoms with E-state index in [0.717, 1.165) is 30.7 Å². The zero-order valence-electron chi connectivity index (χ0n) is 14.0. The molecule has 0 saturated heterocycles. The van der Waals surface area contributed by atoms with E-state index in [4.69, 9.17) is 0 Å². The lowest BCUT2D eigenvalue weighted by Gasteiger charge is -2.35. The van der Waals surface area contributed by atoms with Crippen LogP contribution in [0.4, 0.5) is 0 Å². The molecule has 0 aliphatic carbocycles. The highest BCUT2D eigenvalue weighted by Crippen LogP contribution is 2.06. The number of likely N-dealkylation sites (N-methyl/N-ethyl adjacent to an activating group) is 1. The lowest BCUT2D eigenvalue weighted by atomic mass is 10.1. The maximum Gasteiger partial charge on any atom is 0.251 e. The van der Waals surface area contributed by atoms with Gasteiger partial charge in [-0.25, -0.2) is 0 Å². The van der Waals surface area contributed by atoms with E-state index < -0.39 is 5.78 Å². The number of ketones is 1. The monoisotopic (exact) mass is 384 g/mol. The van der Waals surface area contributed by atoms with Crippen LogP contribution in [-0.2, 0) is 4.79 Å². The Hall–Kier alpha value is -1.53. The molecule has 1 aromatic carbocycles. The van der Waals surface area contributed by atoms with E-state index in [-0.39, 0.29) is 29.2 Å². The molecule has 0 atom stereocenters. The quantitative estimate of drug-likeness (QED) is 0.248. The molecule has 0 heterocycles. The maximum atomic E-state index is 12.1. The largest absolute Gasteiger partial charge is 1.00 e. The number of nitrogens with one attached hydrogen (secondary N) is 1. The summed E-state index contributed by atoms with van der Waals surface area (Å²) in [6.45, 7) is 11.1. The number of carbonyl (C=O) groups excluding carboxylic acids is 3. The molecule has 5 nitrogen and oxygen atoms in total. The third kappa shape index (κ3) is 5.88. The predicted octanol–water partition coefficient (Wildman–Crippen LogP) is -1.32. The van der Waals surface area contributed by atoms with E-state index in [1.807, 2.05) is 0 Å². The number of hydrogen-bond donors (Lipinski definition) is 1. The molecule has 0 saturated carbocycles. The normalized spacial score (nSPS) is 10.6. The number of amides is 1. The van der Waals surface area contributed by atoms with Gasteiger partial charge in [-0.2, -0.15) is 0 Å². The fourth-order valence-corrected chi connectivity index (χ4v) is 2.51. The highest BCUT2D eigenvalue weighted by atomic mass is 79.9. The Labute approximate surface area is 148 Å². The summed E-state index contributed by atoms with van der Waals surface area (Å²) in [6.07, 6.45) is 0.271. The van der Waals surface area contributed by atoms with Gasteiger partial charge < -0.3 is 26.8 Å². The number of quaternary nitrogens is 1. The van der Waals surface area contributed by atoms with Crippen LogP contribution >= 0.6 is 0 Å². The van der Waals surface area contributed by atoms with Gasteiger partial charge in [-0.15, -0.1) is 0 Å².